The first-order chi connectivity index (χ1) is 8.47. The third-order valence-corrected chi connectivity index (χ3v) is 3.29. The molecule has 2 N–H and O–H groups in total. The summed E-state index contributed by atoms with van der Waals surface area (Å²) in [6, 6.07) is 5.21. The zero-order valence-electron chi connectivity index (χ0n) is 9.22. The van der Waals surface area contributed by atoms with Crippen molar-refractivity contribution in [3.05, 3.63) is 42.4 Å². The molecule has 1 aliphatic rings. The van der Waals surface area contributed by atoms with Crippen molar-refractivity contribution in [1.82, 2.24) is 15.2 Å². The molecule has 1 aromatic rings. The second-order valence-corrected chi connectivity index (χ2v) is 5.16. The van der Waals surface area contributed by atoms with E-state index in [0.717, 1.165) is 0 Å². The summed E-state index contributed by atoms with van der Waals surface area (Å²) in [6.45, 7) is 0.155. The predicted octanol–water partition coefficient (Wildman–Crippen LogP) is -0.302. The van der Waals surface area contributed by atoms with Crippen LogP contribution in [0.5, 0.6) is 0 Å². The smallest absolute Gasteiger partial charge is 0.306 e. The molecule has 2 rings (SSSR count). The van der Waals surface area contributed by atoms with Crippen LogP contribution in [0.3, 0.4) is 0 Å². The van der Waals surface area contributed by atoms with Crippen LogP contribution in [0, 0.1) is 0 Å². The van der Waals surface area contributed by atoms with Gasteiger partial charge in [-0.15, -0.1) is 0 Å². The number of carbonyl (C=O) groups excluding carboxylic acids is 1. The van der Waals surface area contributed by atoms with Gasteiger partial charge in [0.2, 0.25) is 11.4 Å². The van der Waals surface area contributed by atoms with E-state index in [4.69, 9.17) is 4.55 Å². The van der Waals surface area contributed by atoms with Crippen molar-refractivity contribution in [1.29, 1.82) is 0 Å². The van der Waals surface area contributed by atoms with Crippen LogP contribution in [-0.2, 0) is 21.5 Å². The van der Waals surface area contributed by atoms with Crippen molar-refractivity contribution in [2.75, 3.05) is 0 Å². The van der Waals surface area contributed by atoms with Crippen molar-refractivity contribution < 1.29 is 17.8 Å². The Bertz CT molecular complexity index is 570. The van der Waals surface area contributed by atoms with Gasteiger partial charge in [-0.05, 0) is 12.1 Å². The fourth-order valence-corrected chi connectivity index (χ4v) is 2.31. The van der Waals surface area contributed by atoms with Gasteiger partial charge in [-0.1, -0.05) is 6.07 Å². The Kier molecular flexibility index (Phi) is 3.30. The minimum Gasteiger partial charge on any atom is -0.337 e. The molecule has 2 heterocycles. The van der Waals surface area contributed by atoms with Crippen molar-refractivity contribution in [2.45, 2.75) is 12.0 Å². The van der Waals surface area contributed by atoms with E-state index in [-0.39, 0.29) is 6.54 Å². The highest BCUT2D eigenvalue weighted by molar-refractivity contribution is 7.86. The summed E-state index contributed by atoms with van der Waals surface area (Å²) in [4.78, 5) is 16.4. The summed E-state index contributed by atoms with van der Waals surface area (Å²) < 4.78 is 31.4. The maximum Gasteiger partial charge on any atom is 0.306 e. The Morgan fingerprint density at radius 1 is 1.44 bits per heavy atom. The van der Waals surface area contributed by atoms with E-state index in [0.29, 0.717) is 5.69 Å². The van der Waals surface area contributed by atoms with Gasteiger partial charge in [-0.3, -0.25) is 14.3 Å². The number of pyridine rings is 1. The largest absolute Gasteiger partial charge is 0.337 e. The molecule has 1 aromatic heterocycles. The summed E-state index contributed by atoms with van der Waals surface area (Å²) in [6.07, 6.45) is 4.07. The SMILES string of the molecule is O=C1C=CN(Cc2ccccn2)C(S(=O)(=O)O)N1. The molecular weight excluding hydrogens is 258 g/mol. The van der Waals surface area contributed by atoms with Gasteiger partial charge in [0.05, 0.1) is 12.2 Å². The average molecular weight is 269 g/mol. The van der Waals surface area contributed by atoms with Crippen LogP contribution in [0.1, 0.15) is 5.69 Å². The van der Waals surface area contributed by atoms with Gasteiger partial charge in [-0.2, -0.15) is 8.42 Å². The van der Waals surface area contributed by atoms with Gasteiger partial charge in [0, 0.05) is 18.5 Å². The number of hydrogen-bond acceptors (Lipinski definition) is 5. The Balaban J connectivity index is 2.24. The Hall–Kier alpha value is -1.93. The van der Waals surface area contributed by atoms with Crippen LogP contribution >= 0.6 is 0 Å². The van der Waals surface area contributed by atoms with Gasteiger partial charge in [0.25, 0.3) is 0 Å². The van der Waals surface area contributed by atoms with Crippen molar-refractivity contribution in [3.8, 4) is 0 Å². The van der Waals surface area contributed by atoms with E-state index in [9.17, 15) is 13.2 Å². The Morgan fingerprint density at radius 3 is 2.83 bits per heavy atom. The minimum absolute atomic E-state index is 0.155. The van der Waals surface area contributed by atoms with Gasteiger partial charge in [0.15, 0.2) is 0 Å². The molecule has 0 radical (unpaired) electrons. The van der Waals surface area contributed by atoms with Crippen LogP contribution in [0.4, 0.5) is 0 Å². The minimum atomic E-state index is -4.41. The van der Waals surface area contributed by atoms with E-state index >= 15 is 0 Å². The number of nitrogens with one attached hydrogen (secondary N) is 1. The number of hydrogen-bond donors (Lipinski definition) is 2. The van der Waals surface area contributed by atoms with E-state index in [1.54, 1.807) is 24.4 Å². The van der Waals surface area contributed by atoms with Crippen molar-refractivity contribution in [3.63, 3.8) is 0 Å². The molecular formula is C10H11N3O4S. The summed E-state index contributed by atoms with van der Waals surface area (Å²) in [5.74, 6) is -0.574. The summed E-state index contributed by atoms with van der Waals surface area (Å²) in [5, 5.41) is 2.16. The fraction of sp³-hybridized carbons (Fsp3) is 0.200. The molecule has 0 aliphatic carbocycles. The average Bonchev–Trinajstić information content (AvgIpc) is 2.31. The highest BCUT2D eigenvalue weighted by atomic mass is 32.2. The van der Waals surface area contributed by atoms with Gasteiger partial charge >= 0.3 is 10.1 Å². The molecule has 0 bridgehead atoms. The number of nitrogens with zero attached hydrogens (tertiary/aromatic N) is 2. The molecule has 0 fully saturated rings. The molecule has 96 valence electrons. The van der Waals surface area contributed by atoms with E-state index < -0.39 is 21.5 Å². The van der Waals surface area contributed by atoms with E-state index in [1.165, 1.54) is 17.2 Å². The first kappa shape index (κ1) is 12.5. The maximum absolute atomic E-state index is 11.2. The predicted molar refractivity (Wildman–Crippen MR) is 62.4 cm³/mol. The van der Waals surface area contributed by atoms with Crippen LogP contribution in [0.25, 0.3) is 0 Å². The lowest BCUT2D eigenvalue weighted by atomic mass is 10.3. The monoisotopic (exact) mass is 269 g/mol. The fourth-order valence-electron chi connectivity index (χ4n) is 1.55. The first-order valence-electron chi connectivity index (χ1n) is 5.07. The van der Waals surface area contributed by atoms with Crippen LogP contribution in [0.15, 0.2) is 36.7 Å². The van der Waals surface area contributed by atoms with Gasteiger partial charge in [0.1, 0.15) is 0 Å². The molecule has 18 heavy (non-hydrogen) atoms. The molecule has 1 unspecified atom stereocenters. The zero-order chi connectivity index (χ0) is 13.2. The number of rotatable bonds is 3. The standard InChI is InChI=1S/C10H11N3O4S/c14-9-4-6-13(10(12-9)18(15,16)17)7-8-3-1-2-5-11-8/h1-6,10H,7H2,(H,12,14)(H,15,16,17). The molecule has 0 saturated heterocycles. The lowest BCUT2D eigenvalue weighted by Gasteiger charge is -2.30. The van der Waals surface area contributed by atoms with Crippen LogP contribution in [-0.4, -0.2) is 34.3 Å². The number of aromatic nitrogens is 1. The van der Waals surface area contributed by atoms with Crippen molar-refractivity contribution in [2.24, 2.45) is 0 Å². The molecule has 0 aromatic carbocycles. The topological polar surface area (TPSA) is 99.6 Å². The van der Waals surface area contributed by atoms with Crippen LogP contribution in [0.2, 0.25) is 0 Å². The molecule has 0 spiro atoms. The Morgan fingerprint density at radius 2 is 2.22 bits per heavy atom. The lowest BCUT2D eigenvalue weighted by molar-refractivity contribution is -0.118. The summed E-state index contributed by atoms with van der Waals surface area (Å²) in [7, 11) is -4.41. The number of carbonyl (C=O) groups is 1. The Labute approximate surface area is 104 Å². The second kappa shape index (κ2) is 4.75. The maximum atomic E-state index is 11.2. The van der Waals surface area contributed by atoms with E-state index in [1.807, 2.05) is 0 Å². The number of amides is 1. The van der Waals surface area contributed by atoms with Crippen LogP contribution < -0.4 is 5.32 Å². The highest BCUT2D eigenvalue weighted by Crippen LogP contribution is 2.12. The van der Waals surface area contributed by atoms with Gasteiger partial charge < -0.3 is 10.2 Å². The molecule has 8 heteroatoms. The summed E-state index contributed by atoms with van der Waals surface area (Å²) >= 11 is 0. The third-order valence-electron chi connectivity index (χ3n) is 2.34. The first-order valence-corrected chi connectivity index (χ1v) is 6.58. The molecule has 1 atom stereocenters. The normalized spacial score (nSPS) is 19.7. The molecule has 0 saturated carbocycles. The molecule has 7 nitrogen and oxygen atoms in total. The second-order valence-electron chi connectivity index (χ2n) is 3.69. The quantitative estimate of drug-likeness (QED) is 0.731. The molecule has 1 amide bonds. The highest BCUT2D eigenvalue weighted by Gasteiger charge is 2.32. The van der Waals surface area contributed by atoms with Crippen molar-refractivity contribution >= 4 is 16.0 Å². The summed E-state index contributed by atoms with van der Waals surface area (Å²) in [5.41, 5.74) is -0.871. The zero-order valence-corrected chi connectivity index (χ0v) is 10.0. The third kappa shape index (κ3) is 2.84. The van der Waals surface area contributed by atoms with Gasteiger partial charge in [-0.25, -0.2) is 0 Å². The van der Waals surface area contributed by atoms with E-state index in [2.05, 4.69) is 10.3 Å². The lowest BCUT2D eigenvalue weighted by Crippen LogP contribution is -2.52. The molecule has 1 aliphatic heterocycles.